The van der Waals surface area contributed by atoms with E-state index in [1.54, 1.807) is 48.3 Å². The van der Waals surface area contributed by atoms with Crippen LogP contribution >= 0.6 is 15.9 Å². The number of fused-ring (bicyclic) bond motifs is 1. The summed E-state index contributed by atoms with van der Waals surface area (Å²) in [5, 5.41) is 2.82. The van der Waals surface area contributed by atoms with Crippen LogP contribution in [0.3, 0.4) is 0 Å². The monoisotopic (exact) mass is 360 g/mol. The minimum atomic E-state index is -0.207. The Kier molecular flexibility index (Phi) is 3.85. The standard InChI is InChI=1S/C16H13BrN2O3/c1-19-13-6-5-12(8-14(13)22-9-15(19)20)18-16(21)10-3-2-4-11(17)7-10/h2-8H,9H2,1H3,(H,18,21). The lowest BCUT2D eigenvalue weighted by molar-refractivity contribution is -0.120. The molecule has 112 valence electrons. The highest BCUT2D eigenvalue weighted by atomic mass is 79.9. The van der Waals surface area contributed by atoms with Gasteiger partial charge in [0.1, 0.15) is 5.75 Å². The summed E-state index contributed by atoms with van der Waals surface area (Å²) in [5.41, 5.74) is 1.86. The molecule has 1 aliphatic rings. The van der Waals surface area contributed by atoms with Gasteiger partial charge in [0, 0.05) is 28.8 Å². The third-order valence-electron chi connectivity index (χ3n) is 3.39. The Morgan fingerprint density at radius 1 is 1.27 bits per heavy atom. The summed E-state index contributed by atoms with van der Waals surface area (Å²) in [6.45, 7) is 0.00648. The quantitative estimate of drug-likeness (QED) is 0.895. The van der Waals surface area contributed by atoms with Crippen molar-refractivity contribution in [3.63, 3.8) is 0 Å². The molecule has 0 radical (unpaired) electrons. The molecular formula is C16H13BrN2O3. The molecule has 0 fully saturated rings. The number of carbonyl (C=O) groups is 2. The van der Waals surface area contributed by atoms with Crippen molar-refractivity contribution >= 4 is 39.1 Å². The molecule has 0 saturated carbocycles. The summed E-state index contributed by atoms with van der Waals surface area (Å²) in [5.74, 6) is 0.272. The first-order chi connectivity index (χ1) is 10.5. The van der Waals surface area contributed by atoms with Gasteiger partial charge in [0.2, 0.25) is 0 Å². The number of nitrogens with zero attached hydrogens (tertiary/aromatic N) is 1. The van der Waals surface area contributed by atoms with E-state index < -0.39 is 0 Å². The van der Waals surface area contributed by atoms with Gasteiger partial charge >= 0.3 is 0 Å². The lowest BCUT2D eigenvalue weighted by Crippen LogP contribution is -2.35. The third-order valence-corrected chi connectivity index (χ3v) is 3.88. The number of carbonyl (C=O) groups excluding carboxylic acids is 2. The van der Waals surface area contributed by atoms with E-state index >= 15 is 0 Å². The Balaban J connectivity index is 1.82. The van der Waals surface area contributed by atoms with E-state index in [-0.39, 0.29) is 18.4 Å². The van der Waals surface area contributed by atoms with E-state index in [2.05, 4.69) is 21.2 Å². The van der Waals surface area contributed by atoms with Crippen molar-refractivity contribution in [2.24, 2.45) is 0 Å². The summed E-state index contributed by atoms with van der Waals surface area (Å²) < 4.78 is 6.24. The number of hydrogen-bond donors (Lipinski definition) is 1. The summed E-state index contributed by atoms with van der Waals surface area (Å²) in [7, 11) is 1.70. The molecule has 0 bridgehead atoms. The van der Waals surface area contributed by atoms with Crippen LogP contribution in [0.15, 0.2) is 46.9 Å². The number of anilines is 2. The summed E-state index contributed by atoms with van der Waals surface area (Å²) in [6.07, 6.45) is 0. The Morgan fingerprint density at radius 3 is 2.86 bits per heavy atom. The van der Waals surface area contributed by atoms with Gasteiger partial charge in [0.15, 0.2) is 6.61 Å². The van der Waals surface area contributed by atoms with Crippen molar-refractivity contribution in [2.45, 2.75) is 0 Å². The van der Waals surface area contributed by atoms with Crippen molar-refractivity contribution in [1.29, 1.82) is 0 Å². The van der Waals surface area contributed by atoms with E-state index in [1.807, 2.05) is 6.07 Å². The first kappa shape index (κ1) is 14.6. The average Bonchev–Trinajstić information content (AvgIpc) is 2.51. The molecular weight excluding hydrogens is 348 g/mol. The summed E-state index contributed by atoms with van der Waals surface area (Å²) >= 11 is 3.34. The van der Waals surface area contributed by atoms with Gasteiger partial charge < -0.3 is 15.0 Å². The van der Waals surface area contributed by atoms with Crippen LogP contribution in [0, 0.1) is 0 Å². The minimum absolute atomic E-state index is 0.00648. The number of hydrogen-bond acceptors (Lipinski definition) is 3. The maximum Gasteiger partial charge on any atom is 0.264 e. The average molecular weight is 361 g/mol. The lowest BCUT2D eigenvalue weighted by atomic mass is 10.2. The van der Waals surface area contributed by atoms with Crippen molar-refractivity contribution in [1.82, 2.24) is 0 Å². The highest BCUT2D eigenvalue weighted by molar-refractivity contribution is 9.10. The number of amides is 2. The molecule has 2 aromatic carbocycles. The van der Waals surface area contributed by atoms with Crippen molar-refractivity contribution in [3.8, 4) is 5.75 Å². The largest absolute Gasteiger partial charge is 0.481 e. The van der Waals surface area contributed by atoms with Crippen LogP contribution in [0.25, 0.3) is 0 Å². The Bertz CT molecular complexity index is 761. The first-order valence-corrected chi connectivity index (χ1v) is 7.44. The van der Waals surface area contributed by atoms with Gasteiger partial charge in [0.05, 0.1) is 5.69 Å². The van der Waals surface area contributed by atoms with Crippen molar-refractivity contribution in [2.75, 3.05) is 23.9 Å². The van der Waals surface area contributed by atoms with E-state index in [1.165, 1.54) is 0 Å². The van der Waals surface area contributed by atoms with Crippen LogP contribution < -0.4 is 15.0 Å². The van der Waals surface area contributed by atoms with E-state index in [4.69, 9.17) is 4.74 Å². The zero-order chi connectivity index (χ0) is 15.7. The topological polar surface area (TPSA) is 58.6 Å². The fraction of sp³-hybridized carbons (Fsp3) is 0.125. The molecule has 0 aliphatic carbocycles. The van der Waals surface area contributed by atoms with E-state index in [0.717, 1.165) is 4.47 Å². The maximum atomic E-state index is 12.2. The molecule has 0 spiro atoms. The first-order valence-electron chi connectivity index (χ1n) is 6.65. The van der Waals surface area contributed by atoms with Crippen LogP contribution in [0.5, 0.6) is 5.75 Å². The smallest absolute Gasteiger partial charge is 0.264 e. The van der Waals surface area contributed by atoms with Crippen LogP contribution in [0.2, 0.25) is 0 Å². The summed E-state index contributed by atoms with van der Waals surface area (Å²) in [4.78, 5) is 25.3. The Morgan fingerprint density at radius 2 is 2.09 bits per heavy atom. The molecule has 1 N–H and O–H groups in total. The second-order valence-corrected chi connectivity index (χ2v) is 5.80. The van der Waals surface area contributed by atoms with Gasteiger partial charge in [-0.3, -0.25) is 9.59 Å². The fourth-order valence-corrected chi connectivity index (χ4v) is 2.59. The van der Waals surface area contributed by atoms with Crippen LogP contribution in [0.1, 0.15) is 10.4 Å². The molecule has 0 aromatic heterocycles. The van der Waals surface area contributed by atoms with Gasteiger partial charge in [0.25, 0.3) is 11.8 Å². The van der Waals surface area contributed by atoms with Gasteiger partial charge in [-0.25, -0.2) is 0 Å². The molecule has 1 heterocycles. The fourth-order valence-electron chi connectivity index (χ4n) is 2.19. The molecule has 2 amide bonds. The third kappa shape index (κ3) is 2.82. The molecule has 3 rings (SSSR count). The summed E-state index contributed by atoms with van der Waals surface area (Å²) in [6, 6.07) is 12.4. The van der Waals surface area contributed by atoms with Crippen molar-refractivity contribution in [3.05, 3.63) is 52.5 Å². The molecule has 1 aliphatic heterocycles. The Labute approximate surface area is 136 Å². The van der Waals surface area contributed by atoms with Crippen LogP contribution in [0.4, 0.5) is 11.4 Å². The maximum absolute atomic E-state index is 12.2. The molecule has 6 heteroatoms. The zero-order valence-corrected chi connectivity index (χ0v) is 13.4. The van der Waals surface area contributed by atoms with Crippen molar-refractivity contribution < 1.29 is 14.3 Å². The lowest BCUT2D eigenvalue weighted by Gasteiger charge is -2.26. The van der Waals surface area contributed by atoms with Gasteiger partial charge in [-0.15, -0.1) is 0 Å². The van der Waals surface area contributed by atoms with Crippen LogP contribution in [-0.4, -0.2) is 25.5 Å². The van der Waals surface area contributed by atoms with Crippen LogP contribution in [-0.2, 0) is 4.79 Å². The zero-order valence-electron chi connectivity index (χ0n) is 11.8. The second-order valence-electron chi connectivity index (χ2n) is 4.89. The Hall–Kier alpha value is -2.34. The van der Waals surface area contributed by atoms with Gasteiger partial charge in [-0.1, -0.05) is 22.0 Å². The van der Waals surface area contributed by atoms with Gasteiger partial charge in [-0.2, -0.15) is 0 Å². The number of benzene rings is 2. The molecule has 0 saturated heterocycles. The SMILES string of the molecule is CN1C(=O)COc2cc(NC(=O)c3cccc(Br)c3)ccc21. The molecule has 0 atom stereocenters. The molecule has 2 aromatic rings. The number of nitrogens with one attached hydrogen (secondary N) is 1. The predicted molar refractivity (Wildman–Crippen MR) is 87.4 cm³/mol. The highest BCUT2D eigenvalue weighted by Gasteiger charge is 2.22. The predicted octanol–water partition coefficient (Wildman–Crippen LogP) is 3.06. The molecule has 5 nitrogen and oxygen atoms in total. The van der Waals surface area contributed by atoms with Gasteiger partial charge in [-0.05, 0) is 30.3 Å². The van der Waals surface area contributed by atoms with E-state index in [0.29, 0.717) is 22.7 Å². The van der Waals surface area contributed by atoms with E-state index in [9.17, 15) is 9.59 Å². The minimum Gasteiger partial charge on any atom is -0.481 e. The number of likely N-dealkylation sites (N-methyl/N-ethyl adjacent to an activating group) is 1. The number of ether oxygens (including phenoxy) is 1. The number of rotatable bonds is 2. The molecule has 0 unspecified atom stereocenters. The number of halogens is 1. The second kappa shape index (κ2) is 5.81. The molecule has 22 heavy (non-hydrogen) atoms. The normalized spacial score (nSPS) is 13.4. The highest BCUT2D eigenvalue weighted by Crippen LogP contribution is 2.33.